The Kier molecular flexibility index (Phi) is 3.88. The Morgan fingerprint density at radius 1 is 1.39 bits per heavy atom. The van der Waals surface area contributed by atoms with Gasteiger partial charge in [0.1, 0.15) is 5.75 Å². The number of benzene rings is 1. The molecule has 1 aromatic heterocycles. The molecule has 2 rings (SSSR count). The van der Waals surface area contributed by atoms with Crippen molar-refractivity contribution in [3.63, 3.8) is 0 Å². The van der Waals surface area contributed by atoms with Crippen LogP contribution in [0.2, 0.25) is 0 Å². The molecular weight excluding hydrogens is 230 g/mol. The van der Waals surface area contributed by atoms with Crippen molar-refractivity contribution in [2.75, 3.05) is 7.11 Å². The smallest absolute Gasteiger partial charge is 0.188 e. The zero-order chi connectivity index (χ0) is 13.0. The van der Waals surface area contributed by atoms with E-state index in [0.717, 1.165) is 11.3 Å². The number of ether oxygens (including phenoxy) is 1. The predicted molar refractivity (Wildman–Crippen MR) is 67.0 cm³/mol. The van der Waals surface area contributed by atoms with Gasteiger partial charge in [-0.25, -0.2) is 0 Å². The third kappa shape index (κ3) is 2.84. The lowest BCUT2D eigenvalue weighted by Crippen LogP contribution is -2.19. The molecule has 1 N–H and O–H groups in total. The second-order valence-corrected chi connectivity index (χ2v) is 4.04. The van der Waals surface area contributed by atoms with E-state index in [9.17, 15) is 0 Å². The highest BCUT2D eigenvalue weighted by Crippen LogP contribution is 2.24. The Hall–Kier alpha value is -1.95. The Balaban J connectivity index is 2.01. The quantitative estimate of drug-likeness (QED) is 0.856. The topological polar surface area (TPSA) is 64.9 Å². The average Bonchev–Trinajstić information content (AvgIpc) is 2.81. The number of methoxy groups -OCH3 is 1. The van der Waals surface area contributed by atoms with Gasteiger partial charge >= 0.3 is 0 Å². The summed E-state index contributed by atoms with van der Waals surface area (Å²) in [7, 11) is 3.43. The number of aryl methyl sites for hydroxylation is 1. The van der Waals surface area contributed by atoms with Crippen molar-refractivity contribution in [3.05, 3.63) is 35.7 Å². The van der Waals surface area contributed by atoms with E-state index in [2.05, 4.69) is 27.7 Å². The zero-order valence-corrected chi connectivity index (χ0v) is 10.8. The number of para-hydroxylation sites is 1. The van der Waals surface area contributed by atoms with E-state index < -0.39 is 0 Å². The number of nitrogens with zero attached hydrogens (tertiary/aromatic N) is 4. The molecule has 0 bridgehead atoms. The summed E-state index contributed by atoms with van der Waals surface area (Å²) in [5.41, 5.74) is 1.11. The zero-order valence-electron chi connectivity index (χ0n) is 10.8. The summed E-state index contributed by atoms with van der Waals surface area (Å²) < 4.78 is 5.33. The number of nitrogens with one attached hydrogen (secondary N) is 1. The summed E-state index contributed by atoms with van der Waals surface area (Å²) in [5.74, 6) is 1.56. The molecule has 0 radical (unpaired) electrons. The van der Waals surface area contributed by atoms with E-state index in [1.54, 1.807) is 14.2 Å². The number of hydrogen-bond acceptors (Lipinski definition) is 5. The molecule has 1 aromatic carbocycles. The van der Waals surface area contributed by atoms with Crippen LogP contribution in [0.5, 0.6) is 5.75 Å². The number of hydrogen-bond donors (Lipinski definition) is 1. The van der Waals surface area contributed by atoms with Crippen LogP contribution in [-0.4, -0.2) is 27.3 Å². The molecule has 0 unspecified atom stereocenters. The van der Waals surface area contributed by atoms with Gasteiger partial charge in [-0.05, 0) is 18.2 Å². The van der Waals surface area contributed by atoms with Gasteiger partial charge in [0, 0.05) is 11.6 Å². The van der Waals surface area contributed by atoms with Gasteiger partial charge in [0.05, 0.1) is 20.7 Å². The molecule has 0 saturated carbocycles. The molecule has 1 atom stereocenters. The standard InChI is InChI=1S/C12H17N5O/c1-9(10-6-4-5-7-11(10)18-3)13-8-12-14-16-17(2)15-12/h4-7,9,13H,8H2,1-3H3/t9-/m1/s1. The highest BCUT2D eigenvalue weighted by atomic mass is 16.5. The molecule has 0 aliphatic heterocycles. The van der Waals surface area contributed by atoms with Crippen molar-refractivity contribution in [2.45, 2.75) is 19.5 Å². The first-order chi connectivity index (χ1) is 8.70. The highest BCUT2D eigenvalue weighted by Gasteiger charge is 2.11. The molecule has 0 aliphatic rings. The van der Waals surface area contributed by atoms with Crippen molar-refractivity contribution >= 4 is 0 Å². The van der Waals surface area contributed by atoms with Crippen LogP contribution >= 0.6 is 0 Å². The Labute approximate surface area is 106 Å². The largest absolute Gasteiger partial charge is 0.496 e. The van der Waals surface area contributed by atoms with Crippen LogP contribution in [0, 0.1) is 0 Å². The molecule has 0 aliphatic carbocycles. The van der Waals surface area contributed by atoms with E-state index in [4.69, 9.17) is 4.74 Å². The Bertz CT molecular complexity index is 511. The fourth-order valence-corrected chi connectivity index (χ4v) is 1.77. The van der Waals surface area contributed by atoms with Crippen molar-refractivity contribution in [1.29, 1.82) is 0 Å². The molecule has 0 fully saturated rings. The number of tetrazole rings is 1. The monoisotopic (exact) mass is 247 g/mol. The van der Waals surface area contributed by atoms with Gasteiger partial charge < -0.3 is 10.1 Å². The van der Waals surface area contributed by atoms with E-state index in [1.165, 1.54) is 4.80 Å². The van der Waals surface area contributed by atoms with Gasteiger partial charge in [-0.2, -0.15) is 4.80 Å². The molecule has 0 saturated heterocycles. The van der Waals surface area contributed by atoms with Crippen LogP contribution in [0.25, 0.3) is 0 Å². The average molecular weight is 247 g/mol. The fraction of sp³-hybridized carbons (Fsp3) is 0.417. The predicted octanol–water partition coefficient (Wildman–Crippen LogP) is 1.07. The lowest BCUT2D eigenvalue weighted by atomic mass is 10.1. The first kappa shape index (κ1) is 12.5. The number of aromatic nitrogens is 4. The Morgan fingerprint density at radius 3 is 2.83 bits per heavy atom. The van der Waals surface area contributed by atoms with E-state index in [1.807, 2.05) is 24.3 Å². The fourth-order valence-electron chi connectivity index (χ4n) is 1.77. The molecule has 0 spiro atoms. The molecule has 18 heavy (non-hydrogen) atoms. The second-order valence-electron chi connectivity index (χ2n) is 4.04. The third-order valence-electron chi connectivity index (χ3n) is 2.72. The normalized spacial score (nSPS) is 12.4. The van der Waals surface area contributed by atoms with Gasteiger partial charge in [-0.15, -0.1) is 10.2 Å². The van der Waals surface area contributed by atoms with Gasteiger partial charge in [0.25, 0.3) is 0 Å². The van der Waals surface area contributed by atoms with Crippen LogP contribution in [0.3, 0.4) is 0 Å². The lowest BCUT2D eigenvalue weighted by Gasteiger charge is -2.16. The van der Waals surface area contributed by atoms with Crippen molar-refractivity contribution < 1.29 is 4.74 Å². The Morgan fingerprint density at radius 2 is 2.17 bits per heavy atom. The summed E-state index contributed by atoms with van der Waals surface area (Å²) in [5, 5.41) is 15.2. The first-order valence-electron chi connectivity index (χ1n) is 5.80. The molecule has 6 nitrogen and oxygen atoms in total. The molecule has 96 valence electrons. The number of rotatable bonds is 5. The summed E-state index contributed by atoms with van der Waals surface area (Å²) in [6.45, 7) is 2.65. The maximum absolute atomic E-state index is 5.33. The van der Waals surface area contributed by atoms with Crippen LogP contribution < -0.4 is 10.1 Å². The SMILES string of the molecule is COc1ccccc1[C@@H](C)NCc1nnn(C)n1. The lowest BCUT2D eigenvalue weighted by molar-refractivity contribution is 0.401. The van der Waals surface area contributed by atoms with Gasteiger partial charge in [-0.3, -0.25) is 0 Å². The van der Waals surface area contributed by atoms with Crippen LogP contribution in [0.4, 0.5) is 0 Å². The summed E-state index contributed by atoms with van der Waals surface area (Å²) in [6.07, 6.45) is 0. The first-order valence-corrected chi connectivity index (χ1v) is 5.80. The molecular formula is C12H17N5O. The summed E-state index contributed by atoms with van der Waals surface area (Å²) in [6, 6.07) is 8.11. The van der Waals surface area contributed by atoms with Crippen LogP contribution in [0.1, 0.15) is 24.4 Å². The molecule has 6 heteroatoms. The minimum Gasteiger partial charge on any atom is -0.496 e. The van der Waals surface area contributed by atoms with Crippen molar-refractivity contribution in [2.24, 2.45) is 7.05 Å². The molecule has 1 heterocycles. The van der Waals surface area contributed by atoms with Gasteiger partial charge in [-0.1, -0.05) is 18.2 Å². The van der Waals surface area contributed by atoms with Crippen LogP contribution in [-0.2, 0) is 13.6 Å². The minimum atomic E-state index is 0.157. The maximum Gasteiger partial charge on any atom is 0.188 e. The van der Waals surface area contributed by atoms with Gasteiger partial charge in [0.2, 0.25) is 0 Å². The van der Waals surface area contributed by atoms with E-state index >= 15 is 0 Å². The van der Waals surface area contributed by atoms with E-state index in [-0.39, 0.29) is 6.04 Å². The third-order valence-corrected chi connectivity index (χ3v) is 2.72. The van der Waals surface area contributed by atoms with Crippen LogP contribution in [0.15, 0.2) is 24.3 Å². The highest BCUT2D eigenvalue weighted by molar-refractivity contribution is 5.35. The second kappa shape index (κ2) is 5.59. The molecule has 0 amide bonds. The van der Waals surface area contributed by atoms with Gasteiger partial charge in [0.15, 0.2) is 5.82 Å². The van der Waals surface area contributed by atoms with Crippen molar-refractivity contribution in [1.82, 2.24) is 25.5 Å². The molecule has 2 aromatic rings. The summed E-state index contributed by atoms with van der Waals surface area (Å²) in [4.78, 5) is 1.45. The maximum atomic E-state index is 5.33. The minimum absolute atomic E-state index is 0.157. The van der Waals surface area contributed by atoms with Crippen molar-refractivity contribution in [3.8, 4) is 5.75 Å². The summed E-state index contributed by atoms with van der Waals surface area (Å²) >= 11 is 0. The van der Waals surface area contributed by atoms with E-state index in [0.29, 0.717) is 12.4 Å².